The molecule has 0 spiro atoms. The van der Waals surface area contributed by atoms with E-state index in [1.165, 1.54) is 20.0 Å². The van der Waals surface area contributed by atoms with Gasteiger partial charge in [-0.2, -0.15) is 0 Å². The van der Waals surface area contributed by atoms with Crippen molar-refractivity contribution in [3.05, 3.63) is 23.8 Å². The fourth-order valence-corrected chi connectivity index (χ4v) is 2.44. The molecule has 0 radical (unpaired) electrons. The Morgan fingerprint density at radius 3 is 2.58 bits per heavy atom. The van der Waals surface area contributed by atoms with Crippen molar-refractivity contribution in [1.82, 2.24) is 0 Å². The van der Waals surface area contributed by atoms with Crippen LogP contribution in [0.4, 0.5) is 5.69 Å². The summed E-state index contributed by atoms with van der Waals surface area (Å²) in [5.41, 5.74) is 6.79. The number of hydrogen-bond donors (Lipinski definition) is 1. The molecule has 0 aromatic heterocycles. The first-order chi connectivity index (χ1) is 9.10. The van der Waals surface area contributed by atoms with E-state index in [0.29, 0.717) is 17.0 Å². The third-order valence-electron chi connectivity index (χ3n) is 3.67. The molecule has 0 amide bonds. The van der Waals surface area contributed by atoms with E-state index < -0.39 is 0 Å². The zero-order valence-corrected chi connectivity index (χ0v) is 11.5. The monoisotopic (exact) mass is 263 g/mol. The van der Waals surface area contributed by atoms with Crippen LogP contribution in [0.5, 0.6) is 5.75 Å². The number of nitrogens with two attached hydrogens (primary N) is 1. The quantitative estimate of drug-likeness (QED) is 0.672. The molecule has 0 atom stereocenters. The molecule has 4 heteroatoms. The first-order valence-corrected chi connectivity index (χ1v) is 6.74. The van der Waals surface area contributed by atoms with E-state index in [1.807, 2.05) is 0 Å². The van der Waals surface area contributed by atoms with Crippen LogP contribution in [-0.4, -0.2) is 19.2 Å². The fraction of sp³-hybridized carbons (Fsp3) is 0.533. The fourth-order valence-electron chi connectivity index (χ4n) is 2.44. The van der Waals surface area contributed by atoms with Crippen LogP contribution in [0.1, 0.15) is 43.0 Å². The van der Waals surface area contributed by atoms with E-state index in [9.17, 15) is 4.79 Å². The number of rotatable bonds is 3. The van der Waals surface area contributed by atoms with Gasteiger partial charge in [-0.05, 0) is 43.7 Å². The van der Waals surface area contributed by atoms with Gasteiger partial charge in [-0.1, -0.05) is 6.92 Å². The van der Waals surface area contributed by atoms with Crippen molar-refractivity contribution < 1.29 is 14.3 Å². The van der Waals surface area contributed by atoms with E-state index in [2.05, 4.69) is 6.92 Å². The molecule has 0 unspecified atom stereocenters. The third kappa shape index (κ3) is 3.40. The van der Waals surface area contributed by atoms with Gasteiger partial charge in [0.1, 0.15) is 11.3 Å². The summed E-state index contributed by atoms with van der Waals surface area (Å²) in [6.45, 7) is 2.26. The van der Waals surface area contributed by atoms with Gasteiger partial charge in [0.15, 0.2) is 0 Å². The lowest BCUT2D eigenvalue weighted by Crippen LogP contribution is -2.24. The molecule has 0 aliphatic heterocycles. The molecule has 1 aliphatic carbocycles. The van der Waals surface area contributed by atoms with E-state index in [-0.39, 0.29) is 12.1 Å². The van der Waals surface area contributed by atoms with Gasteiger partial charge in [0, 0.05) is 11.8 Å². The van der Waals surface area contributed by atoms with E-state index in [1.54, 1.807) is 18.2 Å². The summed E-state index contributed by atoms with van der Waals surface area (Å²) in [6, 6.07) is 5.04. The Labute approximate surface area is 113 Å². The molecule has 1 fully saturated rings. The summed E-state index contributed by atoms with van der Waals surface area (Å²) in [6.07, 6.45) is 4.55. The summed E-state index contributed by atoms with van der Waals surface area (Å²) >= 11 is 0. The number of benzene rings is 1. The minimum atomic E-state index is -0.390. The highest BCUT2D eigenvalue weighted by Crippen LogP contribution is 2.30. The minimum Gasteiger partial charge on any atom is -0.489 e. The Morgan fingerprint density at radius 2 is 1.95 bits per heavy atom. The van der Waals surface area contributed by atoms with Gasteiger partial charge in [-0.15, -0.1) is 0 Å². The lowest BCUT2D eigenvalue weighted by molar-refractivity contribution is 0.0589. The average Bonchev–Trinajstić information content (AvgIpc) is 2.41. The molecular weight excluding hydrogens is 242 g/mol. The highest BCUT2D eigenvalue weighted by molar-refractivity contribution is 5.93. The predicted molar refractivity (Wildman–Crippen MR) is 74.2 cm³/mol. The SMILES string of the molecule is COC(=O)c1ccc(N)cc1OC1CCC(C)CC1. The van der Waals surface area contributed by atoms with Crippen molar-refractivity contribution in [3.8, 4) is 5.75 Å². The number of nitrogen functional groups attached to an aromatic ring is 1. The Morgan fingerprint density at radius 1 is 1.26 bits per heavy atom. The number of hydrogen-bond acceptors (Lipinski definition) is 4. The normalized spacial score (nSPS) is 22.8. The van der Waals surface area contributed by atoms with Crippen LogP contribution < -0.4 is 10.5 Å². The Hall–Kier alpha value is -1.71. The summed E-state index contributed by atoms with van der Waals surface area (Å²) in [7, 11) is 1.37. The molecule has 2 N–H and O–H groups in total. The molecule has 1 aromatic carbocycles. The number of methoxy groups -OCH3 is 1. The molecule has 4 nitrogen and oxygen atoms in total. The zero-order valence-electron chi connectivity index (χ0n) is 11.5. The maximum atomic E-state index is 11.7. The van der Waals surface area contributed by atoms with Crippen molar-refractivity contribution in [2.75, 3.05) is 12.8 Å². The van der Waals surface area contributed by atoms with Crippen LogP contribution in [0, 0.1) is 5.92 Å². The maximum absolute atomic E-state index is 11.7. The standard InChI is InChI=1S/C15H21NO3/c1-10-3-6-12(7-4-10)19-14-9-11(16)5-8-13(14)15(17)18-2/h5,8-10,12H,3-4,6-7,16H2,1-2H3. The van der Waals surface area contributed by atoms with Gasteiger partial charge in [-0.3, -0.25) is 0 Å². The molecule has 0 heterocycles. The van der Waals surface area contributed by atoms with Gasteiger partial charge in [0.05, 0.1) is 13.2 Å². The molecule has 1 aromatic rings. The second kappa shape index (κ2) is 5.95. The summed E-state index contributed by atoms with van der Waals surface area (Å²) in [5.74, 6) is 0.909. The van der Waals surface area contributed by atoms with Crippen LogP contribution >= 0.6 is 0 Å². The van der Waals surface area contributed by atoms with Gasteiger partial charge >= 0.3 is 5.97 Å². The summed E-state index contributed by atoms with van der Waals surface area (Å²) in [5, 5.41) is 0. The number of carbonyl (C=O) groups is 1. The van der Waals surface area contributed by atoms with Gasteiger partial charge in [0.25, 0.3) is 0 Å². The Kier molecular flexibility index (Phi) is 4.30. The molecule has 19 heavy (non-hydrogen) atoms. The van der Waals surface area contributed by atoms with Crippen molar-refractivity contribution >= 4 is 11.7 Å². The smallest absolute Gasteiger partial charge is 0.341 e. The maximum Gasteiger partial charge on any atom is 0.341 e. The second-order valence-corrected chi connectivity index (χ2v) is 5.25. The lowest BCUT2D eigenvalue weighted by atomic mass is 9.89. The first-order valence-electron chi connectivity index (χ1n) is 6.74. The van der Waals surface area contributed by atoms with Crippen molar-refractivity contribution in [1.29, 1.82) is 0 Å². The van der Waals surface area contributed by atoms with Crippen LogP contribution in [0.2, 0.25) is 0 Å². The van der Waals surface area contributed by atoms with Gasteiger partial charge in [0.2, 0.25) is 0 Å². The van der Waals surface area contributed by atoms with E-state index in [0.717, 1.165) is 18.8 Å². The van der Waals surface area contributed by atoms with Crippen LogP contribution in [-0.2, 0) is 4.74 Å². The molecular formula is C15H21NO3. The number of carbonyl (C=O) groups excluding carboxylic acids is 1. The largest absolute Gasteiger partial charge is 0.489 e. The molecule has 0 saturated heterocycles. The van der Waals surface area contributed by atoms with Crippen LogP contribution in [0.25, 0.3) is 0 Å². The summed E-state index contributed by atoms with van der Waals surface area (Å²) in [4.78, 5) is 11.7. The first kappa shape index (κ1) is 13.7. The molecule has 1 aliphatic rings. The van der Waals surface area contributed by atoms with Crippen molar-refractivity contribution in [3.63, 3.8) is 0 Å². The van der Waals surface area contributed by atoms with Crippen molar-refractivity contribution in [2.45, 2.75) is 38.7 Å². The van der Waals surface area contributed by atoms with Crippen LogP contribution in [0.3, 0.4) is 0 Å². The van der Waals surface area contributed by atoms with Crippen LogP contribution in [0.15, 0.2) is 18.2 Å². The molecule has 1 saturated carbocycles. The molecule has 104 valence electrons. The van der Waals surface area contributed by atoms with E-state index in [4.69, 9.17) is 15.2 Å². The number of ether oxygens (including phenoxy) is 2. The Balaban J connectivity index is 2.14. The lowest BCUT2D eigenvalue weighted by Gasteiger charge is -2.27. The second-order valence-electron chi connectivity index (χ2n) is 5.25. The highest BCUT2D eigenvalue weighted by atomic mass is 16.5. The minimum absolute atomic E-state index is 0.168. The zero-order chi connectivity index (χ0) is 13.8. The van der Waals surface area contributed by atoms with Gasteiger partial charge < -0.3 is 15.2 Å². The van der Waals surface area contributed by atoms with Gasteiger partial charge in [-0.25, -0.2) is 4.79 Å². The Bertz CT molecular complexity index is 451. The molecule has 2 rings (SSSR count). The van der Waals surface area contributed by atoms with Crippen molar-refractivity contribution in [2.24, 2.45) is 5.92 Å². The van der Waals surface area contributed by atoms with E-state index >= 15 is 0 Å². The number of esters is 1. The molecule has 0 bridgehead atoms. The topological polar surface area (TPSA) is 61.5 Å². The summed E-state index contributed by atoms with van der Waals surface area (Å²) < 4.78 is 10.7. The number of anilines is 1. The predicted octanol–water partition coefficient (Wildman–Crippen LogP) is 3.01. The third-order valence-corrected chi connectivity index (χ3v) is 3.67. The highest BCUT2D eigenvalue weighted by Gasteiger charge is 2.22. The average molecular weight is 263 g/mol.